The van der Waals surface area contributed by atoms with Crippen LogP contribution in [0.5, 0.6) is 11.5 Å². The zero-order valence-electron chi connectivity index (χ0n) is 14.6. The van der Waals surface area contributed by atoms with E-state index in [1.807, 2.05) is 0 Å². The maximum Gasteiger partial charge on any atom is 0.331 e. The maximum absolute atomic E-state index is 12.2. The third-order valence-corrected chi connectivity index (χ3v) is 4.01. The average molecular weight is 388 g/mol. The molecule has 0 saturated carbocycles. The van der Waals surface area contributed by atoms with E-state index in [4.69, 9.17) is 25.8 Å². The molecule has 1 amide bonds. The first kappa shape index (κ1) is 18.8. The van der Waals surface area contributed by atoms with Gasteiger partial charge in [0.2, 0.25) is 0 Å². The van der Waals surface area contributed by atoms with Crippen molar-refractivity contribution >= 4 is 35.2 Å². The van der Waals surface area contributed by atoms with Gasteiger partial charge in [-0.3, -0.25) is 4.79 Å². The minimum absolute atomic E-state index is 0.445. The minimum atomic E-state index is -0.958. The number of esters is 1. The zero-order valence-corrected chi connectivity index (χ0v) is 15.4. The Morgan fingerprint density at radius 1 is 1.11 bits per heavy atom. The predicted octanol–water partition coefficient (Wildman–Crippen LogP) is 3.69. The van der Waals surface area contributed by atoms with Crippen molar-refractivity contribution in [2.24, 2.45) is 0 Å². The Kier molecular flexibility index (Phi) is 5.98. The quantitative estimate of drug-likeness (QED) is 0.625. The summed E-state index contributed by atoms with van der Waals surface area (Å²) in [4.78, 5) is 24.1. The Balaban J connectivity index is 1.54. The summed E-state index contributed by atoms with van der Waals surface area (Å²) in [7, 11) is 0. The lowest BCUT2D eigenvalue weighted by molar-refractivity contribution is -0.148. The number of fused-ring (bicyclic) bond motifs is 1. The maximum atomic E-state index is 12.2. The molecule has 0 radical (unpaired) electrons. The molecule has 0 aromatic heterocycles. The summed E-state index contributed by atoms with van der Waals surface area (Å²) in [6, 6.07) is 12.1. The third kappa shape index (κ3) is 5.24. The number of ether oxygens (including phenoxy) is 3. The van der Waals surface area contributed by atoms with Crippen LogP contribution in [0.2, 0.25) is 5.02 Å². The molecular formula is C20H18ClNO5. The van der Waals surface area contributed by atoms with Crippen LogP contribution >= 0.6 is 11.6 Å². The summed E-state index contributed by atoms with van der Waals surface area (Å²) in [5, 5.41) is 3.30. The van der Waals surface area contributed by atoms with Gasteiger partial charge in [-0.25, -0.2) is 4.79 Å². The van der Waals surface area contributed by atoms with E-state index in [1.165, 1.54) is 13.0 Å². The number of carbonyl (C=O) groups excluding carboxylic acids is 2. The normalized spacial score (nSPS) is 13.9. The minimum Gasteiger partial charge on any atom is -0.486 e. The standard InChI is InChI=1S/C20H18ClNO5/c1-13(27-19(23)9-4-14-2-5-15(21)6-3-14)20(24)22-16-7-8-17-18(12-16)26-11-10-25-17/h2-9,12-13H,10-11H2,1H3,(H,22,24)/b9-4+/t13-/m0/s1. The molecule has 2 aromatic carbocycles. The largest absolute Gasteiger partial charge is 0.486 e. The van der Waals surface area contributed by atoms with Crippen molar-refractivity contribution < 1.29 is 23.8 Å². The van der Waals surface area contributed by atoms with Gasteiger partial charge in [0, 0.05) is 22.9 Å². The number of halogens is 1. The Hall–Kier alpha value is -2.99. The summed E-state index contributed by atoms with van der Waals surface area (Å²) < 4.78 is 16.0. The Morgan fingerprint density at radius 2 is 1.81 bits per heavy atom. The van der Waals surface area contributed by atoms with Crippen LogP contribution in [0, 0.1) is 0 Å². The van der Waals surface area contributed by atoms with Crippen molar-refractivity contribution in [3.05, 3.63) is 59.1 Å². The first-order chi connectivity index (χ1) is 13.0. The lowest BCUT2D eigenvalue weighted by Crippen LogP contribution is -2.29. The number of nitrogens with one attached hydrogen (secondary N) is 1. The second kappa shape index (κ2) is 8.60. The summed E-state index contributed by atoms with van der Waals surface area (Å²) in [6.07, 6.45) is 1.89. The number of anilines is 1. The molecule has 2 aromatic rings. The molecule has 7 heteroatoms. The van der Waals surface area contributed by atoms with Gasteiger partial charge >= 0.3 is 5.97 Å². The topological polar surface area (TPSA) is 73.9 Å². The van der Waals surface area contributed by atoms with Crippen LogP contribution in [0.1, 0.15) is 12.5 Å². The highest BCUT2D eigenvalue weighted by molar-refractivity contribution is 6.30. The lowest BCUT2D eigenvalue weighted by atomic mass is 10.2. The molecule has 1 heterocycles. The zero-order chi connectivity index (χ0) is 19.2. The van der Waals surface area contributed by atoms with Crippen molar-refractivity contribution in [2.45, 2.75) is 13.0 Å². The first-order valence-electron chi connectivity index (χ1n) is 8.36. The van der Waals surface area contributed by atoms with Crippen LogP contribution in [0.25, 0.3) is 6.08 Å². The van der Waals surface area contributed by atoms with Crippen LogP contribution in [0.3, 0.4) is 0 Å². The Labute approximate surface area is 161 Å². The smallest absolute Gasteiger partial charge is 0.331 e. The van der Waals surface area contributed by atoms with E-state index in [2.05, 4.69) is 5.32 Å². The fourth-order valence-electron chi connectivity index (χ4n) is 2.37. The first-order valence-corrected chi connectivity index (χ1v) is 8.74. The summed E-state index contributed by atoms with van der Waals surface area (Å²) in [5.41, 5.74) is 1.33. The lowest BCUT2D eigenvalue weighted by Gasteiger charge is -2.19. The fourth-order valence-corrected chi connectivity index (χ4v) is 2.50. The van der Waals surface area contributed by atoms with Gasteiger partial charge in [0.1, 0.15) is 13.2 Å². The van der Waals surface area contributed by atoms with E-state index in [0.717, 1.165) is 5.56 Å². The number of hydrogen-bond donors (Lipinski definition) is 1. The van der Waals surface area contributed by atoms with Gasteiger partial charge in [-0.1, -0.05) is 23.7 Å². The van der Waals surface area contributed by atoms with Crippen molar-refractivity contribution in [3.63, 3.8) is 0 Å². The molecule has 0 bridgehead atoms. The van der Waals surface area contributed by atoms with Gasteiger partial charge in [-0.05, 0) is 42.8 Å². The van der Waals surface area contributed by atoms with Gasteiger partial charge in [0.25, 0.3) is 5.91 Å². The monoisotopic (exact) mass is 387 g/mol. The van der Waals surface area contributed by atoms with Crippen LogP contribution in [0.15, 0.2) is 48.5 Å². The molecule has 3 rings (SSSR count). The molecule has 1 N–H and O–H groups in total. The second-order valence-electron chi connectivity index (χ2n) is 5.81. The van der Waals surface area contributed by atoms with E-state index >= 15 is 0 Å². The summed E-state index contributed by atoms with van der Waals surface area (Å²) in [5.74, 6) is 0.135. The summed E-state index contributed by atoms with van der Waals surface area (Å²) >= 11 is 5.81. The fraction of sp³-hybridized carbons (Fsp3) is 0.200. The van der Waals surface area contributed by atoms with Gasteiger partial charge in [-0.2, -0.15) is 0 Å². The van der Waals surface area contributed by atoms with Gasteiger partial charge < -0.3 is 19.5 Å². The number of amides is 1. The van der Waals surface area contributed by atoms with Crippen molar-refractivity contribution in [1.82, 2.24) is 0 Å². The molecular weight excluding hydrogens is 370 g/mol. The predicted molar refractivity (Wildman–Crippen MR) is 102 cm³/mol. The SMILES string of the molecule is C[C@H](OC(=O)/C=C/c1ccc(Cl)cc1)C(=O)Nc1ccc2c(c1)OCCO2. The number of hydrogen-bond acceptors (Lipinski definition) is 5. The Bertz CT molecular complexity index is 863. The van der Waals surface area contributed by atoms with Crippen LogP contribution < -0.4 is 14.8 Å². The molecule has 0 saturated heterocycles. The second-order valence-corrected chi connectivity index (χ2v) is 6.25. The van der Waals surface area contributed by atoms with E-state index in [1.54, 1.807) is 48.5 Å². The van der Waals surface area contributed by atoms with Crippen molar-refractivity contribution in [2.75, 3.05) is 18.5 Å². The summed E-state index contributed by atoms with van der Waals surface area (Å²) in [6.45, 7) is 2.45. The molecule has 0 aliphatic carbocycles. The van der Waals surface area contributed by atoms with E-state index in [0.29, 0.717) is 35.4 Å². The van der Waals surface area contributed by atoms with Gasteiger partial charge in [-0.15, -0.1) is 0 Å². The molecule has 140 valence electrons. The third-order valence-electron chi connectivity index (χ3n) is 3.75. The van der Waals surface area contributed by atoms with Crippen LogP contribution in [0.4, 0.5) is 5.69 Å². The van der Waals surface area contributed by atoms with E-state index in [-0.39, 0.29) is 0 Å². The highest BCUT2D eigenvalue weighted by Crippen LogP contribution is 2.32. The number of rotatable bonds is 5. The molecule has 27 heavy (non-hydrogen) atoms. The number of benzene rings is 2. The molecule has 1 aliphatic heterocycles. The highest BCUT2D eigenvalue weighted by Gasteiger charge is 2.18. The molecule has 0 unspecified atom stereocenters. The highest BCUT2D eigenvalue weighted by atomic mass is 35.5. The van der Waals surface area contributed by atoms with Gasteiger partial charge in [0.15, 0.2) is 17.6 Å². The molecule has 0 fully saturated rings. The molecule has 1 atom stereocenters. The number of carbonyl (C=O) groups is 2. The van der Waals surface area contributed by atoms with Crippen molar-refractivity contribution in [1.29, 1.82) is 0 Å². The molecule has 0 spiro atoms. The van der Waals surface area contributed by atoms with Crippen molar-refractivity contribution in [3.8, 4) is 11.5 Å². The molecule has 6 nitrogen and oxygen atoms in total. The van der Waals surface area contributed by atoms with E-state index < -0.39 is 18.0 Å². The molecule has 1 aliphatic rings. The van der Waals surface area contributed by atoms with Crippen LogP contribution in [-0.2, 0) is 14.3 Å². The van der Waals surface area contributed by atoms with E-state index in [9.17, 15) is 9.59 Å². The van der Waals surface area contributed by atoms with Gasteiger partial charge in [0.05, 0.1) is 0 Å². The van der Waals surface area contributed by atoms with Crippen LogP contribution in [-0.4, -0.2) is 31.2 Å². The Morgan fingerprint density at radius 3 is 2.56 bits per heavy atom. The average Bonchev–Trinajstić information content (AvgIpc) is 2.67.